The lowest BCUT2D eigenvalue weighted by Gasteiger charge is -2.30. The van der Waals surface area contributed by atoms with Gasteiger partial charge < -0.3 is 10.5 Å². The molecule has 1 heterocycles. The van der Waals surface area contributed by atoms with Crippen molar-refractivity contribution in [3.05, 3.63) is 23.9 Å². The first-order valence-electron chi connectivity index (χ1n) is 6.41. The minimum Gasteiger partial charge on any atom is -0.474 e. The molecular formula is C13H17F3N2O. The molecule has 1 saturated carbocycles. The van der Waals surface area contributed by atoms with E-state index in [1.165, 1.54) is 12.1 Å². The summed E-state index contributed by atoms with van der Waals surface area (Å²) in [6.07, 6.45) is -0.688. The third kappa shape index (κ3) is 3.59. The van der Waals surface area contributed by atoms with E-state index in [0.717, 1.165) is 31.7 Å². The van der Waals surface area contributed by atoms with Crippen LogP contribution in [0.15, 0.2) is 18.2 Å². The number of nitrogens with two attached hydrogens (primary N) is 1. The summed E-state index contributed by atoms with van der Waals surface area (Å²) in [6.45, 7) is 0.490. The zero-order valence-electron chi connectivity index (χ0n) is 10.5. The van der Waals surface area contributed by atoms with E-state index >= 15 is 0 Å². The second-order valence-electron chi connectivity index (χ2n) is 4.80. The Balaban J connectivity index is 2.10. The molecule has 2 unspecified atom stereocenters. The van der Waals surface area contributed by atoms with Crippen molar-refractivity contribution >= 4 is 0 Å². The summed E-state index contributed by atoms with van der Waals surface area (Å²) in [4.78, 5) is 3.52. The Morgan fingerprint density at radius 2 is 2.00 bits per heavy atom. The molecule has 0 bridgehead atoms. The molecule has 1 aromatic rings. The summed E-state index contributed by atoms with van der Waals surface area (Å²) in [6, 6.07) is 3.71. The van der Waals surface area contributed by atoms with Crippen LogP contribution in [-0.2, 0) is 6.18 Å². The van der Waals surface area contributed by atoms with E-state index in [1.54, 1.807) is 0 Å². The van der Waals surface area contributed by atoms with E-state index in [2.05, 4.69) is 4.98 Å². The molecule has 0 saturated heterocycles. The average molecular weight is 274 g/mol. The highest BCUT2D eigenvalue weighted by molar-refractivity contribution is 5.18. The van der Waals surface area contributed by atoms with E-state index < -0.39 is 11.9 Å². The first-order valence-corrected chi connectivity index (χ1v) is 6.41. The van der Waals surface area contributed by atoms with E-state index in [-0.39, 0.29) is 17.9 Å². The molecule has 1 fully saturated rings. The summed E-state index contributed by atoms with van der Waals surface area (Å²) in [5.41, 5.74) is 4.74. The van der Waals surface area contributed by atoms with Gasteiger partial charge in [-0.2, -0.15) is 13.2 Å². The highest BCUT2D eigenvalue weighted by Gasteiger charge is 2.33. The Morgan fingerprint density at radius 3 is 2.68 bits per heavy atom. The van der Waals surface area contributed by atoms with E-state index in [1.807, 2.05) is 0 Å². The maximum atomic E-state index is 12.6. The van der Waals surface area contributed by atoms with Crippen LogP contribution in [0.25, 0.3) is 0 Å². The molecule has 3 nitrogen and oxygen atoms in total. The second kappa shape index (κ2) is 5.77. The van der Waals surface area contributed by atoms with Crippen molar-refractivity contribution in [2.45, 2.75) is 38.0 Å². The predicted molar refractivity (Wildman–Crippen MR) is 64.7 cm³/mol. The van der Waals surface area contributed by atoms with Crippen molar-refractivity contribution < 1.29 is 17.9 Å². The van der Waals surface area contributed by atoms with Crippen LogP contribution in [0.5, 0.6) is 5.88 Å². The molecule has 0 amide bonds. The Morgan fingerprint density at radius 1 is 1.26 bits per heavy atom. The number of hydrogen-bond acceptors (Lipinski definition) is 3. The lowest BCUT2D eigenvalue weighted by molar-refractivity contribution is -0.141. The summed E-state index contributed by atoms with van der Waals surface area (Å²) in [7, 11) is 0. The number of nitrogens with zero attached hydrogens (tertiary/aromatic N) is 1. The SMILES string of the molecule is NCC1CCCCC1Oc1cccc(C(F)(F)F)n1. The highest BCUT2D eigenvalue weighted by Crippen LogP contribution is 2.31. The van der Waals surface area contributed by atoms with Crippen LogP contribution in [0.4, 0.5) is 13.2 Å². The van der Waals surface area contributed by atoms with Gasteiger partial charge >= 0.3 is 6.18 Å². The Hall–Kier alpha value is -1.30. The average Bonchev–Trinajstić information content (AvgIpc) is 2.39. The summed E-state index contributed by atoms with van der Waals surface area (Å²) in [5.74, 6) is 0.227. The monoisotopic (exact) mass is 274 g/mol. The van der Waals surface area contributed by atoms with Crippen molar-refractivity contribution in [3.63, 3.8) is 0 Å². The van der Waals surface area contributed by atoms with Gasteiger partial charge in [-0.25, -0.2) is 4.98 Å². The first kappa shape index (κ1) is 14.1. The molecule has 0 spiro atoms. The number of aromatic nitrogens is 1. The Kier molecular flexibility index (Phi) is 4.29. The van der Waals surface area contributed by atoms with E-state index in [0.29, 0.717) is 6.54 Å². The number of hydrogen-bond donors (Lipinski definition) is 1. The van der Waals surface area contributed by atoms with Gasteiger partial charge in [-0.05, 0) is 31.9 Å². The van der Waals surface area contributed by atoms with Gasteiger partial charge in [0, 0.05) is 12.0 Å². The Bertz CT molecular complexity index is 423. The Labute approximate surface area is 110 Å². The smallest absolute Gasteiger partial charge is 0.433 e. The van der Waals surface area contributed by atoms with Crippen molar-refractivity contribution in [2.75, 3.05) is 6.54 Å². The van der Waals surface area contributed by atoms with Crippen molar-refractivity contribution in [2.24, 2.45) is 11.7 Å². The second-order valence-corrected chi connectivity index (χ2v) is 4.80. The summed E-state index contributed by atoms with van der Waals surface area (Å²) >= 11 is 0. The fourth-order valence-corrected chi connectivity index (χ4v) is 2.39. The van der Waals surface area contributed by atoms with Crippen LogP contribution in [0.3, 0.4) is 0 Å². The minimum absolute atomic E-state index is 0.0279. The third-order valence-corrected chi connectivity index (χ3v) is 3.43. The molecular weight excluding hydrogens is 257 g/mol. The van der Waals surface area contributed by atoms with Gasteiger partial charge in [0.25, 0.3) is 0 Å². The highest BCUT2D eigenvalue weighted by atomic mass is 19.4. The molecule has 1 aliphatic carbocycles. The molecule has 1 aliphatic rings. The number of pyridine rings is 1. The molecule has 2 N–H and O–H groups in total. The van der Waals surface area contributed by atoms with Gasteiger partial charge in [-0.1, -0.05) is 12.5 Å². The van der Waals surface area contributed by atoms with Crippen LogP contribution in [-0.4, -0.2) is 17.6 Å². The molecule has 6 heteroatoms. The van der Waals surface area contributed by atoms with Crippen molar-refractivity contribution in [1.29, 1.82) is 0 Å². The zero-order valence-corrected chi connectivity index (χ0v) is 10.5. The maximum absolute atomic E-state index is 12.6. The van der Waals surface area contributed by atoms with E-state index in [9.17, 15) is 13.2 Å². The van der Waals surface area contributed by atoms with Crippen LogP contribution in [0, 0.1) is 5.92 Å². The predicted octanol–water partition coefficient (Wildman–Crippen LogP) is 3.00. The lowest BCUT2D eigenvalue weighted by atomic mass is 9.86. The molecule has 106 valence electrons. The normalized spacial score (nSPS) is 24.2. The number of rotatable bonds is 3. The fourth-order valence-electron chi connectivity index (χ4n) is 2.39. The largest absolute Gasteiger partial charge is 0.474 e. The molecule has 0 aromatic carbocycles. The van der Waals surface area contributed by atoms with Gasteiger partial charge in [0.1, 0.15) is 11.8 Å². The topological polar surface area (TPSA) is 48.1 Å². The molecule has 2 rings (SSSR count). The zero-order chi connectivity index (χ0) is 13.9. The third-order valence-electron chi connectivity index (χ3n) is 3.43. The lowest BCUT2D eigenvalue weighted by Crippen LogP contribution is -2.35. The number of alkyl halides is 3. The maximum Gasteiger partial charge on any atom is 0.433 e. The molecule has 2 atom stereocenters. The van der Waals surface area contributed by atoms with Crippen molar-refractivity contribution in [3.8, 4) is 5.88 Å². The van der Waals surface area contributed by atoms with Gasteiger partial charge in [-0.15, -0.1) is 0 Å². The molecule has 0 aliphatic heterocycles. The summed E-state index contributed by atoms with van der Waals surface area (Å²) < 4.78 is 43.3. The minimum atomic E-state index is -4.45. The fraction of sp³-hybridized carbons (Fsp3) is 0.615. The van der Waals surface area contributed by atoms with Gasteiger partial charge in [0.2, 0.25) is 5.88 Å². The first-order chi connectivity index (χ1) is 9.00. The van der Waals surface area contributed by atoms with Gasteiger partial charge in [0.15, 0.2) is 0 Å². The molecule has 19 heavy (non-hydrogen) atoms. The van der Waals surface area contributed by atoms with Crippen LogP contribution >= 0.6 is 0 Å². The number of halogens is 3. The number of ether oxygens (including phenoxy) is 1. The van der Waals surface area contributed by atoms with Crippen LogP contribution in [0.2, 0.25) is 0 Å². The van der Waals surface area contributed by atoms with Gasteiger partial charge in [-0.3, -0.25) is 0 Å². The molecule has 0 radical (unpaired) electrons. The van der Waals surface area contributed by atoms with Gasteiger partial charge in [0.05, 0.1) is 0 Å². The van der Waals surface area contributed by atoms with E-state index in [4.69, 9.17) is 10.5 Å². The standard InChI is InChI=1S/C13H17F3N2O/c14-13(15,16)11-6-3-7-12(18-11)19-10-5-2-1-4-9(10)8-17/h3,6-7,9-10H,1-2,4-5,8,17H2. The quantitative estimate of drug-likeness (QED) is 0.921. The summed E-state index contributed by atoms with van der Waals surface area (Å²) in [5, 5.41) is 0. The molecule has 1 aromatic heterocycles. The van der Waals surface area contributed by atoms with Crippen LogP contribution in [0.1, 0.15) is 31.4 Å². The van der Waals surface area contributed by atoms with Crippen molar-refractivity contribution in [1.82, 2.24) is 4.98 Å². The van der Waals surface area contributed by atoms with Crippen LogP contribution < -0.4 is 10.5 Å².